The van der Waals surface area contributed by atoms with Gasteiger partial charge in [-0.2, -0.15) is 8.78 Å². The number of carbonyl (C=O) groups excluding carboxylic acids is 1. The molecule has 0 spiro atoms. The van der Waals surface area contributed by atoms with Crippen LogP contribution in [0.4, 0.5) is 8.78 Å². The Bertz CT molecular complexity index is 749. The first kappa shape index (κ1) is 20.3. The van der Waals surface area contributed by atoms with Gasteiger partial charge in [0.2, 0.25) is 15.7 Å². The number of rotatable bonds is 7. The van der Waals surface area contributed by atoms with Crippen molar-refractivity contribution in [3.05, 3.63) is 29.8 Å². The summed E-state index contributed by atoms with van der Waals surface area (Å²) in [6, 6.07) is 4.72. The normalized spacial score (nSPS) is 18.1. The molecular weight excluding hydrogens is 368 g/mol. The van der Waals surface area contributed by atoms with Gasteiger partial charge < -0.3 is 10.0 Å². The number of amides is 1. The Kier molecular flexibility index (Phi) is 6.69. The van der Waals surface area contributed by atoms with Crippen LogP contribution in [0.15, 0.2) is 29.2 Å². The number of carbonyl (C=O) groups is 2. The Morgan fingerprint density at radius 3 is 2.42 bits per heavy atom. The lowest BCUT2D eigenvalue weighted by Gasteiger charge is -2.35. The molecule has 6 nitrogen and oxygen atoms in total. The highest BCUT2D eigenvalue weighted by molar-refractivity contribution is 7.91. The van der Waals surface area contributed by atoms with Gasteiger partial charge in [0, 0.05) is 19.0 Å². The third-order valence-electron chi connectivity index (χ3n) is 4.48. The van der Waals surface area contributed by atoms with E-state index in [4.69, 9.17) is 5.11 Å². The van der Waals surface area contributed by atoms with Crippen LogP contribution in [0.1, 0.15) is 37.7 Å². The van der Waals surface area contributed by atoms with Crippen LogP contribution in [0.25, 0.3) is 0 Å². The van der Waals surface area contributed by atoms with Gasteiger partial charge in [-0.3, -0.25) is 9.59 Å². The lowest BCUT2D eigenvalue weighted by molar-refractivity contribution is -0.139. The van der Waals surface area contributed by atoms with Gasteiger partial charge in [0.25, 0.3) is 0 Å². The Labute approximate surface area is 150 Å². The molecule has 1 aliphatic heterocycles. The fourth-order valence-corrected chi connectivity index (χ4v) is 3.82. The van der Waals surface area contributed by atoms with Crippen LogP contribution < -0.4 is 0 Å². The summed E-state index contributed by atoms with van der Waals surface area (Å²) in [5.41, 5.74) is 0.519. The van der Waals surface area contributed by atoms with Gasteiger partial charge in [-0.15, -0.1) is 0 Å². The fourth-order valence-electron chi connectivity index (χ4n) is 3.10. The molecule has 1 amide bonds. The average Bonchev–Trinajstić information content (AvgIpc) is 2.60. The van der Waals surface area contributed by atoms with Gasteiger partial charge in [-0.1, -0.05) is 12.1 Å². The lowest BCUT2D eigenvalue weighted by Crippen LogP contribution is -2.44. The van der Waals surface area contributed by atoms with E-state index in [1.165, 1.54) is 12.1 Å². The highest BCUT2D eigenvalue weighted by Crippen LogP contribution is 2.23. The molecule has 0 aliphatic carbocycles. The second-order valence-corrected chi connectivity index (χ2v) is 8.21. The number of nitrogens with zero attached hydrogens (tertiary/aromatic N) is 1. The summed E-state index contributed by atoms with van der Waals surface area (Å²) in [4.78, 5) is 24.5. The number of hydrogen-bond acceptors (Lipinski definition) is 4. The molecule has 1 N–H and O–H groups in total. The number of piperidine rings is 1. The van der Waals surface area contributed by atoms with Gasteiger partial charge in [0.1, 0.15) is 0 Å². The van der Waals surface area contributed by atoms with E-state index in [0.717, 1.165) is 31.4 Å². The molecule has 2 rings (SSSR count). The molecule has 144 valence electrons. The van der Waals surface area contributed by atoms with E-state index in [0.29, 0.717) is 18.5 Å². The third-order valence-corrected chi connectivity index (χ3v) is 5.88. The van der Waals surface area contributed by atoms with E-state index < -0.39 is 26.5 Å². The Hall–Kier alpha value is -2.03. The predicted molar refractivity (Wildman–Crippen MR) is 89.6 cm³/mol. The van der Waals surface area contributed by atoms with Crippen molar-refractivity contribution in [1.82, 2.24) is 4.90 Å². The molecule has 1 heterocycles. The van der Waals surface area contributed by atoms with E-state index in [2.05, 4.69) is 0 Å². The summed E-state index contributed by atoms with van der Waals surface area (Å²) in [7, 11) is -4.65. The monoisotopic (exact) mass is 389 g/mol. The Morgan fingerprint density at radius 1 is 1.19 bits per heavy atom. The molecule has 1 saturated heterocycles. The minimum absolute atomic E-state index is 0.00533. The molecule has 0 radical (unpaired) electrons. The molecule has 1 aromatic rings. The molecule has 1 atom stereocenters. The summed E-state index contributed by atoms with van der Waals surface area (Å²) < 4.78 is 47.9. The minimum atomic E-state index is -4.65. The first-order valence-electron chi connectivity index (χ1n) is 8.34. The molecule has 0 saturated carbocycles. The van der Waals surface area contributed by atoms with Crippen molar-refractivity contribution >= 4 is 21.7 Å². The summed E-state index contributed by atoms with van der Waals surface area (Å²) >= 11 is 0. The van der Waals surface area contributed by atoms with Crippen molar-refractivity contribution in [2.75, 3.05) is 6.54 Å². The highest BCUT2D eigenvalue weighted by Gasteiger charge is 2.28. The molecule has 1 fully saturated rings. The topological polar surface area (TPSA) is 91.8 Å². The number of aliphatic carboxylic acids is 1. The van der Waals surface area contributed by atoms with Gasteiger partial charge in [-0.25, -0.2) is 8.42 Å². The van der Waals surface area contributed by atoms with Crippen molar-refractivity contribution in [3.8, 4) is 0 Å². The van der Waals surface area contributed by atoms with Crippen molar-refractivity contribution in [3.63, 3.8) is 0 Å². The Morgan fingerprint density at radius 2 is 1.85 bits per heavy atom. The number of likely N-dealkylation sites (tertiary alicyclic amines) is 1. The number of alkyl halides is 2. The molecule has 0 aromatic heterocycles. The van der Waals surface area contributed by atoms with Crippen LogP contribution >= 0.6 is 0 Å². The minimum Gasteiger partial charge on any atom is -0.481 e. The van der Waals surface area contributed by atoms with Crippen molar-refractivity contribution in [1.29, 1.82) is 0 Å². The van der Waals surface area contributed by atoms with Crippen LogP contribution in [0, 0.1) is 0 Å². The molecule has 1 aliphatic rings. The summed E-state index contributed by atoms with van der Waals surface area (Å²) in [6.07, 6.45) is 2.94. The molecule has 9 heteroatoms. The maximum absolute atomic E-state index is 12.6. The lowest BCUT2D eigenvalue weighted by atomic mass is 9.97. The summed E-state index contributed by atoms with van der Waals surface area (Å²) in [5, 5.41) is 8.83. The van der Waals surface area contributed by atoms with Crippen molar-refractivity contribution in [2.45, 2.75) is 55.2 Å². The average molecular weight is 389 g/mol. The SMILES string of the molecule is O=C(O)CCC1CCCCN1C(=O)Cc1ccc(S(=O)(=O)C(F)F)cc1. The molecule has 0 bridgehead atoms. The maximum atomic E-state index is 12.6. The second kappa shape index (κ2) is 8.57. The number of carboxylic acid groups (broad SMARTS) is 1. The number of halogens is 2. The van der Waals surface area contributed by atoms with Crippen molar-refractivity contribution in [2.24, 2.45) is 0 Å². The van der Waals surface area contributed by atoms with Crippen molar-refractivity contribution < 1.29 is 31.9 Å². The van der Waals surface area contributed by atoms with Gasteiger partial charge in [-0.05, 0) is 43.4 Å². The van der Waals surface area contributed by atoms with Crippen LogP contribution in [-0.4, -0.2) is 48.6 Å². The van der Waals surface area contributed by atoms with Crippen LogP contribution in [-0.2, 0) is 25.8 Å². The van der Waals surface area contributed by atoms with E-state index >= 15 is 0 Å². The molecule has 1 unspecified atom stereocenters. The summed E-state index contributed by atoms with van der Waals surface area (Å²) in [5.74, 6) is -4.57. The number of carboxylic acids is 1. The number of benzene rings is 1. The van der Waals surface area contributed by atoms with E-state index in [9.17, 15) is 26.8 Å². The smallest absolute Gasteiger partial charge is 0.341 e. The summed E-state index contributed by atoms with van der Waals surface area (Å²) in [6.45, 7) is 0.557. The zero-order valence-corrected chi connectivity index (χ0v) is 14.9. The fraction of sp³-hybridized carbons (Fsp3) is 0.529. The van der Waals surface area contributed by atoms with E-state index in [1.54, 1.807) is 4.90 Å². The quantitative estimate of drug-likeness (QED) is 0.774. The standard InChI is InChI=1S/C17H21F2NO5S/c18-17(19)26(24,25)14-7-4-12(5-8-14)11-15(21)20-10-2-1-3-13(20)6-9-16(22)23/h4-5,7-8,13,17H,1-3,6,9-11H2,(H,22,23). The molecular formula is C17H21F2NO5S. The maximum Gasteiger partial charge on any atom is 0.341 e. The van der Waals surface area contributed by atoms with Crippen LogP contribution in [0.2, 0.25) is 0 Å². The van der Waals surface area contributed by atoms with Crippen LogP contribution in [0.5, 0.6) is 0 Å². The first-order chi connectivity index (χ1) is 12.2. The largest absolute Gasteiger partial charge is 0.481 e. The zero-order valence-electron chi connectivity index (χ0n) is 14.1. The molecule has 26 heavy (non-hydrogen) atoms. The van der Waals surface area contributed by atoms with E-state index in [-0.39, 0.29) is 24.8 Å². The second-order valence-electron chi connectivity index (χ2n) is 6.30. The first-order valence-corrected chi connectivity index (χ1v) is 9.88. The number of hydrogen-bond donors (Lipinski definition) is 1. The van der Waals surface area contributed by atoms with E-state index in [1.807, 2.05) is 0 Å². The van der Waals surface area contributed by atoms with Gasteiger partial charge in [0.15, 0.2) is 0 Å². The zero-order chi connectivity index (χ0) is 19.3. The Balaban J connectivity index is 2.04. The van der Waals surface area contributed by atoms with Crippen LogP contribution in [0.3, 0.4) is 0 Å². The molecule has 1 aromatic carbocycles. The van der Waals surface area contributed by atoms with Gasteiger partial charge >= 0.3 is 11.7 Å². The highest BCUT2D eigenvalue weighted by atomic mass is 32.2. The number of sulfone groups is 1. The third kappa shape index (κ3) is 5.00. The van der Waals surface area contributed by atoms with Gasteiger partial charge in [0.05, 0.1) is 11.3 Å². The predicted octanol–water partition coefficient (Wildman–Crippen LogP) is 2.47.